The molecule has 1 fully saturated rings. The van der Waals surface area contributed by atoms with Crippen LogP contribution in [0.15, 0.2) is 24.8 Å². The van der Waals surface area contributed by atoms with Crippen molar-refractivity contribution in [3.8, 4) is 0 Å². The zero-order valence-corrected chi connectivity index (χ0v) is 13.2. The second kappa shape index (κ2) is 12.1. The van der Waals surface area contributed by atoms with Crippen LogP contribution in [-0.2, 0) is 14.3 Å². The van der Waals surface area contributed by atoms with Gasteiger partial charge in [-0.2, -0.15) is 0 Å². The number of hydrogen-bond donors (Lipinski definition) is 2. The minimum Gasteiger partial charge on any atom is -0.461 e. The first-order chi connectivity index (χ1) is 10.0. The van der Waals surface area contributed by atoms with Gasteiger partial charge in [0.1, 0.15) is 6.61 Å². The van der Waals surface area contributed by atoms with Crippen molar-refractivity contribution in [1.82, 2.24) is 10.6 Å². The Labute approximate surface area is 127 Å². The van der Waals surface area contributed by atoms with Crippen LogP contribution >= 0.6 is 0 Å². The van der Waals surface area contributed by atoms with Gasteiger partial charge in [0.15, 0.2) is 0 Å². The fraction of sp³-hybridized carbons (Fsp3) is 0.625. The van der Waals surface area contributed by atoms with E-state index in [1.807, 2.05) is 6.92 Å². The van der Waals surface area contributed by atoms with Crippen molar-refractivity contribution in [1.29, 1.82) is 0 Å². The second-order valence-corrected chi connectivity index (χ2v) is 4.90. The lowest BCUT2D eigenvalue weighted by Crippen LogP contribution is -2.27. The summed E-state index contributed by atoms with van der Waals surface area (Å²) in [7, 11) is 0. The monoisotopic (exact) mass is 296 g/mol. The Morgan fingerprint density at radius 2 is 2.24 bits per heavy atom. The molecule has 0 spiro atoms. The molecule has 21 heavy (non-hydrogen) atoms. The molecule has 5 nitrogen and oxygen atoms in total. The molecule has 1 heterocycles. The fourth-order valence-electron chi connectivity index (χ4n) is 1.70. The molecule has 2 N–H and O–H groups in total. The normalized spacial score (nSPS) is 17.6. The molecule has 5 heteroatoms. The van der Waals surface area contributed by atoms with E-state index in [4.69, 9.17) is 4.74 Å². The molecule has 0 saturated carbocycles. The number of esters is 1. The maximum absolute atomic E-state index is 11.1. The van der Waals surface area contributed by atoms with Gasteiger partial charge in [0.2, 0.25) is 5.91 Å². The molecule has 1 amide bonds. The van der Waals surface area contributed by atoms with Crippen LogP contribution in [0.25, 0.3) is 0 Å². The Hall–Kier alpha value is -1.62. The van der Waals surface area contributed by atoms with Gasteiger partial charge in [-0.05, 0) is 26.3 Å². The van der Waals surface area contributed by atoms with Gasteiger partial charge >= 0.3 is 5.97 Å². The molecule has 1 aliphatic rings. The highest BCUT2D eigenvalue weighted by atomic mass is 16.5. The molecule has 1 aliphatic heterocycles. The topological polar surface area (TPSA) is 67.4 Å². The lowest BCUT2D eigenvalue weighted by atomic mass is 10.0. The Balaban J connectivity index is 0.000000382. The molecule has 120 valence electrons. The van der Waals surface area contributed by atoms with Crippen molar-refractivity contribution >= 4 is 11.9 Å². The Morgan fingerprint density at radius 3 is 2.81 bits per heavy atom. The van der Waals surface area contributed by atoms with E-state index in [0.29, 0.717) is 18.7 Å². The lowest BCUT2D eigenvalue weighted by molar-refractivity contribution is -0.138. The summed E-state index contributed by atoms with van der Waals surface area (Å²) in [6.07, 6.45) is 4.95. The molecular weight excluding hydrogens is 268 g/mol. The highest BCUT2D eigenvalue weighted by molar-refractivity contribution is 5.86. The molecule has 0 aromatic rings. The van der Waals surface area contributed by atoms with Crippen LogP contribution in [0.5, 0.6) is 0 Å². The summed E-state index contributed by atoms with van der Waals surface area (Å²) in [5.74, 6) is -0.113. The molecule has 0 aliphatic carbocycles. The van der Waals surface area contributed by atoms with Gasteiger partial charge in [-0.25, -0.2) is 4.79 Å². The second-order valence-electron chi connectivity index (χ2n) is 4.90. The Bertz CT molecular complexity index is 353. The molecule has 1 unspecified atom stereocenters. The van der Waals surface area contributed by atoms with Gasteiger partial charge in [-0.1, -0.05) is 26.0 Å². The van der Waals surface area contributed by atoms with E-state index < -0.39 is 0 Å². The third-order valence-electron chi connectivity index (χ3n) is 2.97. The van der Waals surface area contributed by atoms with E-state index >= 15 is 0 Å². The lowest BCUT2D eigenvalue weighted by Gasteiger charge is -2.05. The van der Waals surface area contributed by atoms with E-state index in [-0.39, 0.29) is 17.8 Å². The first kappa shape index (κ1) is 19.4. The first-order valence-corrected chi connectivity index (χ1v) is 7.46. The number of hydrogen-bond acceptors (Lipinski definition) is 4. The van der Waals surface area contributed by atoms with Crippen molar-refractivity contribution in [2.75, 3.05) is 26.2 Å². The van der Waals surface area contributed by atoms with Crippen LogP contribution in [0.3, 0.4) is 0 Å². The van der Waals surface area contributed by atoms with Crippen LogP contribution in [0.1, 0.15) is 33.1 Å². The summed E-state index contributed by atoms with van der Waals surface area (Å²) in [6.45, 7) is 13.6. The predicted molar refractivity (Wildman–Crippen MR) is 84.9 cm³/mol. The highest BCUT2D eigenvalue weighted by Crippen LogP contribution is 2.12. The third kappa shape index (κ3) is 9.85. The Morgan fingerprint density at radius 1 is 1.52 bits per heavy atom. The minimum absolute atomic E-state index is 0.0579. The van der Waals surface area contributed by atoms with Crippen LogP contribution in [0, 0.1) is 5.92 Å². The summed E-state index contributed by atoms with van der Waals surface area (Å²) >= 11 is 0. The summed E-state index contributed by atoms with van der Waals surface area (Å²) in [5, 5.41) is 5.87. The molecule has 0 aromatic carbocycles. The van der Waals surface area contributed by atoms with Crippen molar-refractivity contribution in [3.63, 3.8) is 0 Å². The summed E-state index contributed by atoms with van der Waals surface area (Å²) in [4.78, 5) is 21.8. The van der Waals surface area contributed by atoms with Crippen LogP contribution in [-0.4, -0.2) is 38.1 Å². The van der Waals surface area contributed by atoms with Crippen LogP contribution in [0.2, 0.25) is 0 Å². The summed E-state index contributed by atoms with van der Waals surface area (Å²) in [5.41, 5.74) is 0.446. The molecule has 0 aromatic heterocycles. The highest BCUT2D eigenvalue weighted by Gasteiger charge is 2.16. The average molecular weight is 296 g/mol. The number of ether oxygens (including phenoxy) is 1. The van der Waals surface area contributed by atoms with Gasteiger partial charge in [-0.3, -0.25) is 4.79 Å². The fourth-order valence-corrected chi connectivity index (χ4v) is 1.70. The standard InChI is InChI=1S/C8H15NO2.C8H13NO/c1-4-9-5-6-11-8(10)7(2)3;1-2-7-5-3-4-6-9-8(7)10/h9H,2,4-6H2,1,3H3;2,7H,1,3-6H2,(H,9,10). The number of rotatable bonds is 6. The van der Waals surface area contributed by atoms with Crippen molar-refractivity contribution in [2.45, 2.75) is 33.1 Å². The maximum Gasteiger partial charge on any atom is 0.333 e. The van der Waals surface area contributed by atoms with Gasteiger partial charge < -0.3 is 15.4 Å². The SMILES string of the molecule is C=C(C)C(=O)OCCNCC.C=CC1CCCCNC1=O. The van der Waals surface area contributed by atoms with Gasteiger partial charge in [-0.15, -0.1) is 6.58 Å². The number of likely N-dealkylation sites (N-methyl/N-ethyl adjacent to an activating group) is 1. The van der Waals surface area contributed by atoms with Crippen molar-refractivity contribution in [2.24, 2.45) is 5.92 Å². The van der Waals surface area contributed by atoms with E-state index in [1.54, 1.807) is 13.0 Å². The molecular formula is C16H28N2O3. The largest absolute Gasteiger partial charge is 0.461 e. The molecule has 1 atom stereocenters. The third-order valence-corrected chi connectivity index (χ3v) is 2.97. The summed E-state index contributed by atoms with van der Waals surface area (Å²) < 4.78 is 4.80. The van der Waals surface area contributed by atoms with Crippen molar-refractivity contribution in [3.05, 3.63) is 24.8 Å². The van der Waals surface area contributed by atoms with Gasteiger partial charge in [0, 0.05) is 18.7 Å². The van der Waals surface area contributed by atoms with E-state index in [1.165, 1.54) is 0 Å². The van der Waals surface area contributed by atoms with Gasteiger partial charge in [0.25, 0.3) is 0 Å². The molecule has 0 radical (unpaired) electrons. The number of carbonyl (C=O) groups excluding carboxylic acids is 2. The molecule has 1 saturated heterocycles. The number of carbonyl (C=O) groups is 2. The summed E-state index contributed by atoms with van der Waals surface area (Å²) in [6, 6.07) is 0. The molecule has 1 rings (SSSR count). The number of nitrogens with one attached hydrogen (secondary N) is 2. The Kier molecular flexibility index (Phi) is 11.2. The van der Waals surface area contributed by atoms with Gasteiger partial charge in [0.05, 0.1) is 5.92 Å². The van der Waals surface area contributed by atoms with E-state index in [9.17, 15) is 9.59 Å². The predicted octanol–water partition coefficient (Wildman–Crippen LogP) is 1.80. The van der Waals surface area contributed by atoms with Crippen LogP contribution in [0.4, 0.5) is 0 Å². The van der Waals surface area contributed by atoms with Crippen LogP contribution < -0.4 is 10.6 Å². The smallest absolute Gasteiger partial charge is 0.333 e. The van der Waals surface area contributed by atoms with Crippen molar-refractivity contribution < 1.29 is 14.3 Å². The zero-order valence-electron chi connectivity index (χ0n) is 13.2. The maximum atomic E-state index is 11.1. The molecule has 0 bridgehead atoms. The average Bonchev–Trinajstić information content (AvgIpc) is 2.68. The van der Waals surface area contributed by atoms with E-state index in [2.05, 4.69) is 23.8 Å². The quantitative estimate of drug-likeness (QED) is 0.339. The minimum atomic E-state index is -0.317. The number of amides is 1. The zero-order chi connectivity index (χ0) is 16.1. The first-order valence-electron chi connectivity index (χ1n) is 7.46. The van der Waals surface area contributed by atoms with E-state index in [0.717, 1.165) is 32.4 Å².